The molecule has 7 nitrogen and oxygen atoms in total. The van der Waals surface area contributed by atoms with Gasteiger partial charge in [0.15, 0.2) is 5.96 Å². The summed E-state index contributed by atoms with van der Waals surface area (Å²) in [5.41, 5.74) is 2.08. The van der Waals surface area contributed by atoms with Crippen LogP contribution in [0, 0.1) is 19.8 Å². The molecular formula is C18H31IN4O3. The summed E-state index contributed by atoms with van der Waals surface area (Å²) in [6.07, 6.45) is 1.60. The zero-order valence-corrected chi connectivity index (χ0v) is 18.7. The molecule has 1 fully saturated rings. The molecule has 0 amide bonds. The molecule has 1 aromatic rings. The maximum absolute atomic E-state index is 11.7. The van der Waals surface area contributed by atoms with Gasteiger partial charge in [-0.1, -0.05) is 12.1 Å². The van der Waals surface area contributed by atoms with Crippen molar-refractivity contribution in [1.82, 2.24) is 15.4 Å². The van der Waals surface area contributed by atoms with E-state index in [1.54, 1.807) is 0 Å². The van der Waals surface area contributed by atoms with Crippen LogP contribution in [-0.2, 0) is 9.53 Å². The maximum Gasteiger partial charge on any atom is 0.308 e. The molecule has 1 aromatic heterocycles. The Balaban J connectivity index is 0.00000338. The topological polar surface area (TPSA) is 80.0 Å². The number of aryl methyl sites for hydroxylation is 2. The van der Waals surface area contributed by atoms with Crippen LogP contribution in [0.2, 0.25) is 0 Å². The summed E-state index contributed by atoms with van der Waals surface area (Å²) in [5, 5.41) is 7.39. The molecule has 0 aromatic carbocycles. The number of esters is 1. The molecule has 2 rings (SSSR count). The van der Waals surface area contributed by atoms with Crippen molar-refractivity contribution >= 4 is 35.9 Å². The van der Waals surface area contributed by atoms with Gasteiger partial charge in [-0.2, -0.15) is 0 Å². The molecular weight excluding hydrogens is 447 g/mol. The average molecular weight is 478 g/mol. The number of hydrogen-bond acceptors (Lipinski definition) is 5. The van der Waals surface area contributed by atoms with Crippen LogP contribution in [0.3, 0.4) is 0 Å². The second-order valence-corrected chi connectivity index (χ2v) is 6.62. The predicted octanol–water partition coefficient (Wildman–Crippen LogP) is 2.86. The van der Waals surface area contributed by atoms with Gasteiger partial charge in [0, 0.05) is 37.7 Å². The van der Waals surface area contributed by atoms with Gasteiger partial charge in [-0.25, -0.2) is 0 Å². The van der Waals surface area contributed by atoms with Gasteiger partial charge in [-0.3, -0.25) is 9.79 Å². The van der Waals surface area contributed by atoms with E-state index in [2.05, 4.69) is 29.2 Å². The van der Waals surface area contributed by atoms with Crippen LogP contribution in [0.15, 0.2) is 9.52 Å². The molecule has 2 heterocycles. The van der Waals surface area contributed by atoms with Gasteiger partial charge in [0.25, 0.3) is 0 Å². The van der Waals surface area contributed by atoms with Crippen LogP contribution >= 0.6 is 24.0 Å². The average Bonchev–Trinajstić information content (AvgIpc) is 2.96. The van der Waals surface area contributed by atoms with Crippen molar-refractivity contribution in [3.05, 3.63) is 17.0 Å². The maximum atomic E-state index is 11.7. The molecule has 1 aliphatic heterocycles. The fraction of sp³-hybridized carbons (Fsp3) is 0.722. The first kappa shape index (κ1) is 22.7. The molecule has 26 heavy (non-hydrogen) atoms. The molecule has 1 N–H and O–H groups in total. The van der Waals surface area contributed by atoms with Crippen LogP contribution < -0.4 is 5.32 Å². The van der Waals surface area contributed by atoms with Crippen LogP contribution in [0.1, 0.15) is 49.6 Å². The van der Waals surface area contributed by atoms with E-state index in [1.165, 1.54) is 7.11 Å². The first-order chi connectivity index (χ1) is 12.0. The number of halogens is 1. The van der Waals surface area contributed by atoms with Gasteiger partial charge in [-0.05, 0) is 33.6 Å². The number of methoxy groups -OCH3 is 1. The second kappa shape index (κ2) is 10.7. The fourth-order valence-corrected chi connectivity index (χ4v) is 3.43. The molecule has 0 spiro atoms. The summed E-state index contributed by atoms with van der Waals surface area (Å²) in [6, 6.07) is 0. The van der Waals surface area contributed by atoms with Crippen molar-refractivity contribution in [1.29, 1.82) is 0 Å². The van der Waals surface area contributed by atoms with Crippen LogP contribution in [0.25, 0.3) is 0 Å². The number of nitrogens with zero attached hydrogens (tertiary/aromatic N) is 3. The lowest BCUT2D eigenvalue weighted by molar-refractivity contribution is -0.146. The zero-order valence-electron chi connectivity index (χ0n) is 16.4. The van der Waals surface area contributed by atoms with E-state index in [1.807, 2.05) is 13.8 Å². The number of likely N-dealkylation sites (tertiary alicyclic amines) is 1. The van der Waals surface area contributed by atoms with Gasteiger partial charge in [0.05, 0.1) is 18.7 Å². The quantitative estimate of drug-likeness (QED) is 0.304. The van der Waals surface area contributed by atoms with Crippen molar-refractivity contribution in [2.24, 2.45) is 10.9 Å². The zero-order chi connectivity index (χ0) is 18.4. The monoisotopic (exact) mass is 478 g/mol. The Morgan fingerprint density at radius 2 is 2.08 bits per heavy atom. The SMILES string of the molecule is CCNC(=NCC(C)c1c(C)noc1C)N1CCC(C(=O)OC)CC1.I. The first-order valence-corrected chi connectivity index (χ1v) is 9.01. The highest BCUT2D eigenvalue weighted by Gasteiger charge is 2.27. The number of piperidine rings is 1. The Hall–Kier alpha value is -1.32. The molecule has 0 saturated carbocycles. The number of rotatable bonds is 5. The molecule has 0 radical (unpaired) electrons. The summed E-state index contributed by atoms with van der Waals surface area (Å²) in [7, 11) is 1.45. The molecule has 8 heteroatoms. The van der Waals surface area contributed by atoms with Crippen molar-refractivity contribution in [3.8, 4) is 0 Å². The molecule has 148 valence electrons. The van der Waals surface area contributed by atoms with Crippen molar-refractivity contribution in [2.45, 2.75) is 46.5 Å². The third-order valence-corrected chi connectivity index (χ3v) is 4.76. The van der Waals surface area contributed by atoms with Gasteiger partial charge >= 0.3 is 5.97 Å². The molecule has 0 bridgehead atoms. The fourth-order valence-electron chi connectivity index (χ4n) is 3.43. The van der Waals surface area contributed by atoms with Crippen molar-refractivity contribution in [3.63, 3.8) is 0 Å². The van der Waals surface area contributed by atoms with Crippen LogP contribution in [-0.4, -0.2) is 55.3 Å². The summed E-state index contributed by atoms with van der Waals surface area (Å²) < 4.78 is 10.1. The van der Waals surface area contributed by atoms with E-state index in [0.717, 1.165) is 55.5 Å². The first-order valence-electron chi connectivity index (χ1n) is 9.01. The summed E-state index contributed by atoms with van der Waals surface area (Å²) >= 11 is 0. The lowest BCUT2D eigenvalue weighted by Gasteiger charge is -2.33. The molecule has 1 unspecified atom stereocenters. The van der Waals surface area contributed by atoms with Crippen molar-refractivity contribution < 1.29 is 14.1 Å². The Morgan fingerprint density at radius 1 is 1.42 bits per heavy atom. The highest BCUT2D eigenvalue weighted by molar-refractivity contribution is 14.0. The third kappa shape index (κ3) is 5.59. The molecule has 1 atom stereocenters. The van der Waals surface area contributed by atoms with E-state index in [4.69, 9.17) is 14.3 Å². The number of ether oxygens (including phenoxy) is 1. The number of aromatic nitrogens is 1. The highest BCUT2D eigenvalue weighted by atomic mass is 127. The minimum Gasteiger partial charge on any atom is -0.469 e. The van der Waals surface area contributed by atoms with E-state index in [0.29, 0.717) is 6.54 Å². The number of carbonyl (C=O) groups is 1. The number of carbonyl (C=O) groups excluding carboxylic acids is 1. The van der Waals surface area contributed by atoms with Gasteiger partial charge in [-0.15, -0.1) is 24.0 Å². The van der Waals surface area contributed by atoms with Gasteiger partial charge in [0.1, 0.15) is 5.76 Å². The lowest BCUT2D eigenvalue weighted by atomic mass is 9.97. The third-order valence-electron chi connectivity index (χ3n) is 4.76. The number of aliphatic imine (C=N–C) groups is 1. The highest BCUT2D eigenvalue weighted by Crippen LogP contribution is 2.23. The summed E-state index contributed by atoms with van der Waals surface area (Å²) in [5.74, 6) is 1.92. The Kier molecular flexibility index (Phi) is 9.38. The van der Waals surface area contributed by atoms with Crippen molar-refractivity contribution in [2.75, 3.05) is 33.3 Å². The van der Waals surface area contributed by atoms with Crippen LogP contribution in [0.4, 0.5) is 0 Å². The summed E-state index contributed by atoms with van der Waals surface area (Å²) in [4.78, 5) is 18.7. The summed E-state index contributed by atoms with van der Waals surface area (Å²) in [6.45, 7) is 11.2. The molecule has 1 saturated heterocycles. The second-order valence-electron chi connectivity index (χ2n) is 6.62. The Bertz CT molecular complexity index is 590. The van der Waals surface area contributed by atoms with E-state index >= 15 is 0 Å². The molecule has 1 aliphatic rings. The Labute approximate surface area is 172 Å². The number of hydrogen-bond donors (Lipinski definition) is 1. The predicted molar refractivity (Wildman–Crippen MR) is 112 cm³/mol. The largest absolute Gasteiger partial charge is 0.469 e. The van der Waals surface area contributed by atoms with E-state index < -0.39 is 0 Å². The lowest BCUT2D eigenvalue weighted by Crippen LogP contribution is -2.46. The Morgan fingerprint density at radius 3 is 2.58 bits per heavy atom. The van der Waals surface area contributed by atoms with Gasteiger partial charge < -0.3 is 19.5 Å². The molecule has 0 aliphatic carbocycles. The van der Waals surface area contributed by atoms with Gasteiger partial charge in [0.2, 0.25) is 0 Å². The van der Waals surface area contributed by atoms with Crippen LogP contribution in [0.5, 0.6) is 0 Å². The van der Waals surface area contributed by atoms with E-state index in [-0.39, 0.29) is 41.8 Å². The van der Waals surface area contributed by atoms with E-state index in [9.17, 15) is 4.79 Å². The minimum atomic E-state index is -0.103. The number of nitrogens with one attached hydrogen (secondary N) is 1. The minimum absolute atomic E-state index is 0. The normalized spacial score (nSPS) is 16.8. The smallest absolute Gasteiger partial charge is 0.308 e. The standard InChI is InChI=1S/C18H30N4O3.HI/c1-6-19-18(22-9-7-15(8-10-22)17(23)24-5)20-11-12(2)16-13(3)21-25-14(16)4;/h12,15H,6-11H2,1-5H3,(H,19,20);1H. The number of guanidine groups is 1.